The molecule has 1 saturated carbocycles. The van der Waals surface area contributed by atoms with Crippen molar-refractivity contribution in [3.05, 3.63) is 69.7 Å². The molecule has 6 nitrogen and oxygen atoms in total. The molecule has 0 radical (unpaired) electrons. The summed E-state index contributed by atoms with van der Waals surface area (Å²) in [6.45, 7) is 3.67. The maximum Gasteiger partial charge on any atom is 0.304 e. The number of hydrogen-bond donors (Lipinski definition) is 1. The van der Waals surface area contributed by atoms with Crippen LogP contribution in [-0.2, 0) is 19.4 Å². The molecule has 4 rings (SSSR count). The lowest BCUT2D eigenvalue weighted by Crippen LogP contribution is -2.59. The zero-order chi connectivity index (χ0) is 27.7. The SMILES string of the molecule is CCCS(=O)(=O)C[C@H](C1CC1)N1C(=O)[C@](CC)(CC(=O)O)C[C@H](c2cccc(Cl)c2)[C@H]1c1ccc(Cl)cc1. The van der Waals surface area contributed by atoms with Crippen LogP contribution in [0.4, 0.5) is 0 Å². The third-order valence-corrected chi connectivity index (χ3v) is 10.5. The maximum absolute atomic E-state index is 14.5. The minimum absolute atomic E-state index is 0.0512. The normalized spacial score (nSPS) is 24.8. The summed E-state index contributed by atoms with van der Waals surface area (Å²) in [6, 6.07) is 13.7. The third-order valence-electron chi connectivity index (χ3n) is 8.10. The summed E-state index contributed by atoms with van der Waals surface area (Å²) in [5.74, 6) is -1.63. The number of halogens is 2. The topological polar surface area (TPSA) is 91.8 Å². The number of benzene rings is 2. The van der Waals surface area contributed by atoms with Crippen LogP contribution in [0.1, 0.15) is 75.5 Å². The zero-order valence-corrected chi connectivity index (χ0v) is 24.1. The Hall–Kier alpha value is -2.09. The van der Waals surface area contributed by atoms with Crippen molar-refractivity contribution in [3.63, 3.8) is 0 Å². The summed E-state index contributed by atoms with van der Waals surface area (Å²) >= 11 is 12.6. The van der Waals surface area contributed by atoms with E-state index in [-0.39, 0.29) is 35.7 Å². The number of likely N-dealkylation sites (tertiary alicyclic amines) is 1. The molecule has 0 spiro atoms. The average molecular weight is 581 g/mol. The van der Waals surface area contributed by atoms with Crippen molar-refractivity contribution in [2.24, 2.45) is 11.3 Å². The van der Waals surface area contributed by atoms with Gasteiger partial charge in [0.25, 0.3) is 0 Å². The summed E-state index contributed by atoms with van der Waals surface area (Å²) in [6.07, 6.45) is 2.50. The molecule has 0 aromatic heterocycles. The fourth-order valence-corrected chi connectivity index (χ4v) is 8.16. The first-order valence-electron chi connectivity index (χ1n) is 13.3. The molecule has 0 unspecified atom stereocenters. The molecule has 2 aromatic carbocycles. The Kier molecular flexibility index (Phi) is 8.80. The number of aliphatic carboxylic acids is 1. The number of hydrogen-bond acceptors (Lipinski definition) is 4. The number of rotatable bonds is 11. The second-order valence-corrected chi connectivity index (χ2v) is 13.9. The number of carbonyl (C=O) groups excluding carboxylic acids is 1. The highest BCUT2D eigenvalue weighted by molar-refractivity contribution is 7.91. The van der Waals surface area contributed by atoms with Crippen LogP contribution in [0.25, 0.3) is 0 Å². The molecule has 2 aliphatic rings. The van der Waals surface area contributed by atoms with Crippen molar-refractivity contribution >= 4 is 44.9 Å². The fourth-order valence-electron chi connectivity index (χ4n) is 6.10. The second-order valence-electron chi connectivity index (χ2n) is 10.8. The lowest BCUT2D eigenvalue weighted by molar-refractivity contribution is -0.162. The van der Waals surface area contributed by atoms with Crippen molar-refractivity contribution in [1.82, 2.24) is 4.90 Å². The minimum Gasteiger partial charge on any atom is -0.481 e. The highest BCUT2D eigenvalue weighted by Crippen LogP contribution is 2.55. The summed E-state index contributed by atoms with van der Waals surface area (Å²) < 4.78 is 26.3. The van der Waals surface area contributed by atoms with Crippen LogP contribution >= 0.6 is 23.2 Å². The summed E-state index contributed by atoms with van der Waals surface area (Å²) in [7, 11) is -3.43. The van der Waals surface area contributed by atoms with Crippen LogP contribution in [0.2, 0.25) is 10.0 Å². The molecule has 1 heterocycles. The Bertz CT molecular complexity index is 1280. The molecule has 206 valence electrons. The first-order valence-corrected chi connectivity index (χ1v) is 15.8. The molecule has 9 heteroatoms. The maximum atomic E-state index is 14.5. The van der Waals surface area contributed by atoms with Crippen LogP contribution in [0, 0.1) is 11.3 Å². The standard InChI is InChI=1S/C29H35Cl2NO5S/c1-3-14-38(36,37)18-25(19-8-9-19)32-27(20-10-12-22(30)13-11-20)24(21-6-5-7-23(31)15-21)16-29(4-2,28(32)35)17-26(33)34/h5-7,10-13,15,19,24-25,27H,3-4,8-9,14,16-18H2,1-2H3,(H,33,34)/t24-,25-,27-,29+/m1/s1. The van der Waals surface area contributed by atoms with Gasteiger partial charge in [0.15, 0.2) is 9.84 Å². The molecule has 1 N–H and O–H groups in total. The molecule has 0 bridgehead atoms. The van der Waals surface area contributed by atoms with E-state index in [1.807, 2.05) is 44.2 Å². The molecule has 2 fully saturated rings. The number of nitrogens with zero attached hydrogens (tertiary/aromatic N) is 1. The van der Waals surface area contributed by atoms with E-state index in [2.05, 4.69) is 0 Å². The molecule has 4 atom stereocenters. The number of piperidine rings is 1. The molecule has 1 saturated heterocycles. The Morgan fingerprint density at radius 2 is 1.76 bits per heavy atom. The molecular formula is C29H35Cl2NO5S. The lowest BCUT2D eigenvalue weighted by Gasteiger charge is -2.53. The predicted octanol–water partition coefficient (Wildman–Crippen LogP) is 6.53. The van der Waals surface area contributed by atoms with Gasteiger partial charge in [0.2, 0.25) is 5.91 Å². The van der Waals surface area contributed by atoms with Crippen LogP contribution in [0.3, 0.4) is 0 Å². The number of carboxylic acids is 1. The Balaban J connectivity index is 1.94. The molecule has 1 aliphatic carbocycles. The van der Waals surface area contributed by atoms with Crippen LogP contribution in [-0.4, -0.2) is 47.8 Å². The molecular weight excluding hydrogens is 545 g/mol. The van der Waals surface area contributed by atoms with E-state index < -0.39 is 33.3 Å². The van der Waals surface area contributed by atoms with E-state index in [1.165, 1.54) is 0 Å². The molecule has 38 heavy (non-hydrogen) atoms. The number of carboxylic acid groups (broad SMARTS) is 1. The van der Waals surface area contributed by atoms with Crippen molar-refractivity contribution in [1.29, 1.82) is 0 Å². The highest BCUT2D eigenvalue weighted by Gasteiger charge is 2.56. The summed E-state index contributed by atoms with van der Waals surface area (Å²) in [5, 5.41) is 11.0. The van der Waals surface area contributed by atoms with Gasteiger partial charge in [-0.15, -0.1) is 0 Å². The van der Waals surface area contributed by atoms with Gasteiger partial charge in [-0.3, -0.25) is 9.59 Å². The van der Waals surface area contributed by atoms with Gasteiger partial charge in [0, 0.05) is 27.8 Å². The number of sulfone groups is 1. The summed E-state index contributed by atoms with van der Waals surface area (Å²) in [4.78, 5) is 28.4. The minimum atomic E-state index is -3.43. The Labute approximate surface area is 235 Å². The average Bonchev–Trinajstić information content (AvgIpc) is 3.69. The van der Waals surface area contributed by atoms with Crippen LogP contribution < -0.4 is 0 Å². The van der Waals surface area contributed by atoms with E-state index >= 15 is 0 Å². The fraction of sp³-hybridized carbons (Fsp3) is 0.517. The van der Waals surface area contributed by atoms with Gasteiger partial charge >= 0.3 is 5.97 Å². The van der Waals surface area contributed by atoms with Gasteiger partial charge in [0.1, 0.15) is 0 Å². The monoisotopic (exact) mass is 579 g/mol. The van der Waals surface area contributed by atoms with Crippen molar-refractivity contribution in [2.45, 2.75) is 70.4 Å². The molecule has 2 aromatic rings. The number of carbonyl (C=O) groups is 2. The van der Waals surface area contributed by atoms with Crippen molar-refractivity contribution < 1.29 is 23.1 Å². The van der Waals surface area contributed by atoms with E-state index in [4.69, 9.17) is 23.2 Å². The van der Waals surface area contributed by atoms with E-state index in [9.17, 15) is 23.1 Å². The van der Waals surface area contributed by atoms with Crippen LogP contribution in [0.15, 0.2) is 48.5 Å². The largest absolute Gasteiger partial charge is 0.481 e. The van der Waals surface area contributed by atoms with Gasteiger partial charge < -0.3 is 10.0 Å². The molecule has 1 amide bonds. The Morgan fingerprint density at radius 3 is 2.32 bits per heavy atom. The van der Waals surface area contributed by atoms with Gasteiger partial charge in [-0.1, -0.05) is 61.3 Å². The van der Waals surface area contributed by atoms with Gasteiger partial charge in [-0.05, 0) is 73.4 Å². The van der Waals surface area contributed by atoms with Gasteiger partial charge in [0.05, 0.1) is 23.6 Å². The van der Waals surface area contributed by atoms with E-state index in [0.717, 1.165) is 24.0 Å². The number of amides is 1. The predicted molar refractivity (Wildman–Crippen MR) is 150 cm³/mol. The summed E-state index contributed by atoms with van der Waals surface area (Å²) in [5.41, 5.74) is 0.569. The quantitative estimate of drug-likeness (QED) is 0.327. The van der Waals surface area contributed by atoms with E-state index in [0.29, 0.717) is 29.3 Å². The first-order chi connectivity index (χ1) is 18.0. The third kappa shape index (κ3) is 6.21. The van der Waals surface area contributed by atoms with Gasteiger partial charge in [-0.25, -0.2) is 8.42 Å². The first kappa shape index (κ1) is 28.9. The van der Waals surface area contributed by atoms with Crippen LogP contribution in [0.5, 0.6) is 0 Å². The zero-order valence-electron chi connectivity index (χ0n) is 21.8. The second kappa shape index (κ2) is 11.6. The van der Waals surface area contributed by atoms with Crippen molar-refractivity contribution in [3.8, 4) is 0 Å². The van der Waals surface area contributed by atoms with E-state index in [1.54, 1.807) is 23.1 Å². The van der Waals surface area contributed by atoms with Gasteiger partial charge in [-0.2, -0.15) is 0 Å². The highest BCUT2D eigenvalue weighted by atomic mass is 35.5. The molecule has 1 aliphatic heterocycles. The smallest absolute Gasteiger partial charge is 0.304 e. The van der Waals surface area contributed by atoms with Crippen molar-refractivity contribution in [2.75, 3.05) is 11.5 Å². The Morgan fingerprint density at radius 1 is 1.08 bits per heavy atom. The lowest BCUT2D eigenvalue weighted by atomic mass is 9.65.